The average Bonchev–Trinajstić information content (AvgIpc) is 3.19. The summed E-state index contributed by atoms with van der Waals surface area (Å²) in [6.07, 6.45) is 6.23. The van der Waals surface area contributed by atoms with Gasteiger partial charge in [0.2, 0.25) is 0 Å². The molecule has 2 fully saturated rings. The predicted molar refractivity (Wildman–Crippen MR) is 73.7 cm³/mol. The number of nitrogens with one attached hydrogen (secondary N) is 2. The molecule has 1 aromatic heterocycles. The maximum absolute atomic E-state index is 10.3. The molecule has 0 aromatic carbocycles. The number of nitrogens with two attached hydrogens (primary N) is 1. The summed E-state index contributed by atoms with van der Waals surface area (Å²) in [6, 6.07) is 1.78. The van der Waals surface area contributed by atoms with Crippen molar-refractivity contribution in [3.05, 3.63) is 11.9 Å². The number of anilines is 2. The predicted octanol–water partition coefficient (Wildman–Crippen LogP) is 1.36. The summed E-state index contributed by atoms with van der Waals surface area (Å²) >= 11 is 0. The van der Waals surface area contributed by atoms with E-state index in [0.717, 1.165) is 50.2 Å². The van der Waals surface area contributed by atoms with Crippen molar-refractivity contribution >= 4 is 11.6 Å². The third-order valence-corrected chi connectivity index (χ3v) is 3.97. The van der Waals surface area contributed by atoms with Crippen LogP contribution >= 0.6 is 0 Å². The summed E-state index contributed by atoms with van der Waals surface area (Å²) in [7, 11) is 0. The molecular weight excluding hydrogens is 242 g/mol. The summed E-state index contributed by atoms with van der Waals surface area (Å²) in [4.78, 5) is 8.87. The second-order valence-corrected chi connectivity index (χ2v) is 5.70. The van der Waals surface area contributed by atoms with Gasteiger partial charge >= 0.3 is 0 Å². The number of hydrazine groups is 1. The first-order valence-electron chi connectivity index (χ1n) is 7.00. The van der Waals surface area contributed by atoms with Gasteiger partial charge in [0.25, 0.3) is 0 Å². The van der Waals surface area contributed by atoms with Crippen molar-refractivity contribution in [2.24, 2.45) is 5.84 Å². The van der Waals surface area contributed by atoms with Crippen LogP contribution in [0.1, 0.15) is 50.3 Å². The fraction of sp³-hybridized carbons (Fsp3) is 0.692. The minimum Gasteiger partial charge on any atom is -0.388 e. The first-order chi connectivity index (χ1) is 9.18. The number of nitrogens with zero attached hydrogens (tertiary/aromatic N) is 2. The molecule has 0 aliphatic heterocycles. The second-order valence-electron chi connectivity index (χ2n) is 5.70. The van der Waals surface area contributed by atoms with Gasteiger partial charge in [0, 0.05) is 18.5 Å². The van der Waals surface area contributed by atoms with Crippen LogP contribution in [0.2, 0.25) is 0 Å². The maximum atomic E-state index is 10.3. The van der Waals surface area contributed by atoms with Gasteiger partial charge in [-0.2, -0.15) is 0 Å². The number of hydrogen-bond donors (Lipinski definition) is 4. The zero-order chi connectivity index (χ0) is 13.3. The van der Waals surface area contributed by atoms with E-state index in [4.69, 9.17) is 5.84 Å². The fourth-order valence-electron chi connectivity index (χ4n) is 2.62. The van der Waals surface area contributed by atoms with E-state index in [1.165, 1.54) is 0 Å². The molecule has 19 heavy (non-hydrogen) atoms. The van der Waals surface area contributed by atoms with Gasteiger partial charge in [-0.1, -0.05) is 12.8 Å². The van der Waals surface area contributed by atoms with Crippen LogP contribution in [0, 0.1) is 0 Å². The summed E-state index contributed by atoms with van der Waals surface area (Å²) in [5.41, 5.74) is 1.99. The van der Waals surface area contributed by atoms with Crippen molar-refractivity contribution in [2.75, 3.05) is 17.3 Å². The van der Waals surface area contributed by atoms with Crippen LogP contribution in [0.3, 0.4) is 0 Å². The lowest BCUT2D eigenvalue weighted by atomic mass is 10.0. The Kier molecular flexibility index (Phi) is 3.28. The molecule has 0 radical (unpaired) electrons. The highest BCUT2D eigenvalue weighted by molar-refractivity contribution is 5.47. The molecule has 6 nitrogen and oxygen atoms in total. The molecule has 104 valence electrons. The van der Waals surface area contributed by atoms with Crippen LogP contribution in [0.25, 0.3) is 0 Å². The first-order valence-corrected chi connectivity index (χ1v) is 7.00. The Hall–Kier alpha value is -1.40. The van der Waals surface area contributed by atoms with Gasteiger partial charge in [0.1, 0.15) is 17.5 Å². The van der Waals surface area contributed by atoms with E-state index in [1.807, 2.05) is 0 Å². The zero-order valence-electron chi connectivity index (χ0n) is 11.0. The first kappa shape index (κ1) is 12.6. The highest BCUT2D eigenvalue weighted by atomic mass is 16.3. The molecule has 2 aliphatic carbocycles. The van der Waals surface area contributed by atoms with E-state index in [2.05, 4.69) is 20.7 Å². The Bertz CT molecular complexity index is 454. The normalized spacial score (nSPS) is 21.4. The third kappa shape index (κ3) is 2.96. The third-order valence-electron chi connectivity index (χ3n) is 3.97. The topological polar surface area (TPSA) is 96.1 Å². The van der Waals surface area contributed by atoms with Gasteiger partial charge in [-0.25, -0.2) is 15.8 Å². The monoisotopic (exact) mass is 263 g/mol. The van der Waals surface area contributed by atoms with Crippen LogP contribution in [-0.2, 0) is 0 Å². The quantitative estimate of drug-likeness (QED) is 0.473. The lowest BCUT2D eigenvalue weighted by Crippen LogP contribution is -2.33. The Morgan fingerprint density at radius 2 is 1.95 bits per heavy atom. The van der Waals surface area contributed by atoms with E-state index in [9.17, 15) is 5.11 Å². The van der Waals surface area contributed by atoms with E-state index in [0.29, 0.717) is 18.3 Å². The van der Waals surface area contributed by atoms with Crippen LogP contribution in [-0.4, -0.2) is 27.2 Å². The number of aromatic nitrogens is 2. The standard InChI is InChI=1S/C13H21N5O/c14-18-11-7-10(16-12(17-11)9-3-4-9)15-8-13(19)5-1-2-6-13/h7,9,19H,1-6,8,14H2,(H2,15,16,17,18). The van der Waals surface area contributed by atoms with Gasteiger partial charge in [-0.15, -0.1) is 0 Å². The Morgan fingerprint density at radius 1 is 1.26 bits per heavy atom. The van der Waals surface area contributed by atoms with Crippen LogP contribution in [0.15, 0.2) is 6.07 Å². The van der Waals surface area contributed by atoms with Gasteiger partial charge in [-0.05, 0) is 25.7 Å². The van der Waals surface area contributed by atoms with E-state index < -0.39 is 5.60 Å². The van der Waals surface area contributed by atoms with Crippen LogP contribution in [0.5, 0.6) is 0 Å². The summed E-state index contributed by atoms with van der Waals surface area (Å²) in [6.45, 7) is 0.540. The molecule has 1 heterocycles. The molecule has 2 saturated carbocycles. The molecule has 5 N–H and O–H groups in total. The van der Waals surface area contributed by atoms with Crippen molar-refractivity contribution in [3.63, 3.8) is 0 Å². The van der Waals surface area contributed by atoms with Gasteiger partial charge in [-0.3, -0.25) is 0 Å². The highest BCUT2D eigenvalue weighted by Gasteiger charge is 2.31. The smallest absolute Gasteiger partial charge is 0.145 e. The number of nitrogen functional groups attached to an aromatic ring is 1. The molecule has 0 atom stereocenters. The van der Waals surface area contributed by atoms with E-state index in [1.54, 1.807) is 6.07 Å². The van der Waals surface area contributed by atoms with Gasteiger partial charge in [0.15, 0.2) is 0 Å². The summed E-state index contributed by atoms with van der Waals surface area (Å²) in [5, 5.41) is 13.6. The van der Waals surface area contributed by atoms with Crippen LogP contribution in [0.4, 0.5) is 11.6 Å². The Balaban J connectivity index is 1.70. The maximum Gasteiger partial charge on any atom is 0.145 e. The van der Waals surface area contributed by atoms with Crippen molar-refractivity contribution < 1.29 is 5.11 Å². The molecule has 0 amide bonds. The molecular formula is C13H21N5O. The molecule has 0 saturated heterocycles. The number of hydrogen-bond acceptors (Lipinski definition) is 6. The number of aliphatic hydroxyl groups is 1. The van der Waals surface area contributed by atoms with Crippen molar-refractivity contribution in [2.45, 2.75) is 50.0 Å². The average molecular weight is 263 g/mol. The SMILES string of the molecule is NNc1cc(NCC2(O)CCCC2)nc(C2CC2)n1. The minimum absolute atomic E-state index is 0.475. The van der Waals surface area contributed by atoms with Crippen LogP contribution < -0.4 is 16.6 Å². The zero-order valence-corrected chi connectivity index (χ0v) is 11.0. The molecule has 0 bridgehead atoms. The van der Waals surface area contributed by atoms with Crippen molar-refractivity contribution in [1.82, 2.24) is 9.97 Å². The molecule has 6 heteroatoms. The molecule has 2 aliphatic rings. The lowest BCUT2D eigenvalue weighted by molar-refractivity contribution is 0.0614. The molecule has 0 spiro atoms. The Morgan fingerprint density at radius 3 is 2.58 bits per heavy atom. The minimum atomic E-state index is -0.582. The highest BCUT2D eigenvalue weighted by Crippen LogP contribution is 2.39. The number of rotatable bonds is 5. The lowest BCUT2D eigenvalue weighted by Gasteiger charge is -2.22. The second kappa shape index (κ2) is 4.94. The fourth-order valence-corrected chi connectivity index (χ4v) is 2.62. The summed E-state index contributed by atoms with van der Waals surface area (Å²) in [5.74, 6) is 8.12. The molecule has 0 unspecified atom stereocenters. The Labute approximate surface area is 112 Å². The van der Waals surface area contributed by atoms with Crippen molar-refractivity contribution in [3.8, 4) is 0 Å². The largest absolute Gasteiger partial charge is 0.388 e. The van der Waals surface area contributed by atoms with Gasteiger partial charge < -0.3 is 15.8 Å². The summed E-state index contributed by atoms with van der Waals surface area (Å²) < 4.78 is 0. The van der Waals surface area contributed by atoms with Crippen molar-refractivity contribution in [1.29, 1.82) is 0 Å². The molecule has 3 rings (SSSR count). The van der Waals surface area contributed by atoms with E-state index in [-0.39, 0.29) is 0 Å². The van der Waals surface area contributed by atoms with E-state index >= 15 is 0 Å². The van der Waals surface area contributed by atoms with Gasteiger partial charge in [0.05, 0.1) is 5.60 Å². The molecule has 1 aromatic rings.